The molecule has 116 valence electrons. The molecule has 0 saturated carbocycles. The second-order valence-corrected chi connectivity index (χ2v) is 5.72. The Kier molecular flexibility index (Phi) is 4.85. The third kappa shape index (κ3) is 3.95. The van der Waals surface area contributed by atoms with Gasteiger partial charge in [0.25, 0.3) is 0 Å². The van der Waals surface area contributed by atoms with E-state index in [-0.39, 0.29) is 0 Å². The van der Waals surface area contributed by atoms with Gasteiger partial charge < -0.3 is 10.6 Å². The normalized spacial score (nSPS) is 15.9. The number of aryl methyl sites for hydroxylation is 1. The van der Waals surface area contributed by atoms with E-state index in [9.17, 15) is 0 Å². The fourth-order valence-corrected chi connectivity index (χ4v) is 2.82. The first-order valence-electron chi connectivity index (χ1n) is 7.90. The van der Waals surface area contributed by atoms with E-state index in [1.807, 2.05) is 18.2 Å². The molecule has 0 spiro atoms. The van der Waals surface area contributed by atoms with Crippen LogP contribution in [0.4, 0.5) is 11.6 Å². The minimum atomic E-state index is 0.836. The van der Waals surface area contributed by atoms with Crippen LogP contribution in [0.1, 0.15) is 12.0 Å². The Morgan fingerprint density at radius 2 is 1.64 bits per heavy atom. The number of nitrogens with two attached hydrogens (primary N) is 1. The molecule has 2 heterocycles. The Morgan fingerprint density at radius 3 is 2.32 bits per heavy atom. The van der Waals surface area contributed by atoms with E-state index < -0.39 is 0 Å². The van der Waals surface area contributed by atoms with Crippen LogP contribution in [0.15, 0.2) is 42.7 Å². The Bertz CT molecular complexity index is 561. The number of anilines is 2. The standard InChI is InChI=1S/C17H23N5/c18-16-6-4-15(5-7-16)3-1-10-21-11-13-22(14-12-21)17-19-8-2-9-20-17/h2,4-9H,1,3,10-14,18H2. The molecule has 1 aliphatic heterocycles. The molecule has 3 rings (SSSR count). The molecule has 0 aliphatic carbocycles. The summed E-state index contributed by atoms with van der Waals surface area (Å²) in [5.74, 6) is 0.851. The first kappa shape index (κ1) is 14.8. The topological polar surface area (TPSA) is 58.3 Å². The Morgan fingerprint density at radius 1 is 0.955 bits per heavy atom. The van der Waals surface area contributed by atoms with E-state index in [4.69, 9.17) is 5.73 Å². The highest BCUT2D eigenvalue weighted by Gasteiger charge is 2.18. The van der Waals surface area contributed by atoms with Crippen molar-refractivity contribution in [3.05, 3.63) is 48.3 Å². The highest BCUT2D eigenvalue weighted by molar-refractivity contribution is 5.39. The van der Waals surface area contributed by atoms with Crippen molar-refractivity contribution in [3.63, 3.8) is 0 Å². The number of nitrogen functional groups attached to an aromatic ring is 1. The first-order valence-corrected chi connectivity index (χ1v) is 7.90. The molecule has 2 aromatic rings. The van der Waals surface area contributed by atoms with Crippen molar-refractivity contribution in [2.24, 2.45) is 0 Å². The number of aromatic nitrogens is 2. The van der Waals surface area contributed by atoms with Crippen LogP contribution in [0.5, 0.6) is 0 Å². The third-order valence-electron chi connectivity index (χ3n) is 4.13. The zero-order valence-corrected chi connectivity index (χ0v) is 12.9. The van der Waals surface area contributed by atoms with E-state index in [1.165, 1.54) is 12.0 Å². The summed E-state index contributed by atoms with van der Waals surface area (Å²) in [5, 5.41) is 0. The van der Waals surface area contributed by atoms with Crippen molar-refractivity contribution >= 4 is 11.6 Å². The van der Waals surface area contributed by atoms with E-state index in [2.05, 4.69) is 31.9 Å². The van der Waals surface area contributed by atoms with Crippen LogP contribution in [0.25, 0.3) is 0 Å². The van der Waals surface area contributed by atoms with Gasteiger partial charge in [-0.05, 0) is 43.1 Å². The second kappa shape index (κ2) is 7.22. The lowest BCUT2D eigenvalue weighted by molar-refractivity contribution is 0.254. The third-order valence-corrected chi connectivity index (χ3v) is 4.13. The predicted molar refractivity (Wildman–Crippen MR) is 89.9 cm³/mol. The molecule has 0 unspecified atom stereocenters. The van der Waals surface area contributed by atoms with Crippen molar-refractivity contribution < 1.29 is 0 Å². The van der Waals surface area contributed by atoms with Crippen molar-refractivity contribution in [2.75, 3.05) is 43.4 Å². The maximum absolute atomic E-state index is 5.71. The van der Waals surface area contributed by atoms with E-state index >= 15 is 0 Å². The molecule has 5 heteroatoms. The SMILES string of the molecule is Nc1ccc(CCCN2CCN(c3ncccn3)CC2)cc1. The van der Waals surface area contributed by atoms with Crippen LogP contribution < -0.4 is 10.6 Å². The fourth-order valence-electron chi connectivity index (χ4n) is 2.82. The van der Waals surface area contributed by atoms with Crippen molar-refractivity contribution in [1.29, 1.82) is 0 Å². The summed E-state index contributed by atoms with van der Waals surface area (Å²) in [6, 6.07) is 10.1. The molecule has 0 radical (unpaired) electrons. The van der Waals surface area contributed by atoms with Gasteiger partial charge in [-0.15, -0.1) is 0 Å². The summed E-state index contributed by atoms with van der Waals surface area (Å²) in [5.41, 5.74) is 7.91. The molecular formula is C17H23N5. The molecule has 1 fully saturated rings. The Labute approximate surface area is 131 Å². The number of rotatable bonds is 5. The van der Waals surface area contributed by atoms with Gasteiger partial charge in [-0.3, -0.25) is 4.90 Å². The molecule has 1 aromatic heterocycles. The number of benzene rings is 1. The largest absolute Gasteiger partial charge is 0.399 e. The van der Waals surface area contributed by atoms with Gasteiger partial charge in [0, 0.05) is 44.3 Å². The van der Waals surface area contributed by atoms with Gasteiger partial charge >= 0.3 is 0 Å². The van der Waals surface area contributed by atoms with Crippen LogP contribution in [0.3, 0.4) is 0 Å². The quantitative estimate of drug-likeness (QED) is 0.853. The fraction of sp³-hybridized carbons (Fsp3) is 0.412. The highest BCUT2D eigenvalue weighted by Crippen LogP contribution is 2.11. The minimum Gasteiger partial charge on any atom is -0.399 e. The summed E-state index contributed by atoms with van der Waals surface area (Å²) in [7, 11) is 0. The van der Waals surface area contributed by atoms with Crippen LogP contribution >= 0.6 is 0 Å². The molecule has 1 aliphatic rings. The summed E-state index contributed by atoms with van der Waals surface area (Å²) >= 11 is 0. The van der Waals surface area contributed by atoms with Gasteiger partial charge in [-0.2, -0.15) is 0 Å². The molecular weight excluding hydrogens is 274 g/mol. The Balaban J connectivity index is 1.40. The van der Waals surface area contributed by atoms with E-state index in [1.54, 1.807) is 12.4 Å². The van der Waals surface area contributed by atoms with Gasteiger partial charge in [0.2, 0.25) is 5.95 Å². The first-order chi connectivity index (χ1) is 10.8. The van der Waals surface area contributed by atoms with Gasteiger partial charge in [-0.25, -0.2) is 9.97 Å². The smallest absolute Gasteiger partial charge is 0.225 e. The van der Waals surface area contributed by atoms with E-state index in [0.717, 1.165) is 50.8 Å². The number of hydrogen-bond donors (Lipinski definition) is 1. The monoisotopic (exact) mass is 297 g/mol. The Hall–Kier alpha value is -2.14. The van der Waals surface area contributed by atoms with Gasteiger partial charge in [0.1, 0.15) is 0 Å². The maximum Gasteiger partial charge on any atom is 0.225 e. The molecule has 2 N–H and O–H groups in total. The lowest BCUT2D eigenvalue weighted by Crippen LogP contribution is -2.47. The summed E-state index contributed by atoms with van der Waals surface area (Å²) in [6.45, 7) is 5.33. The molecule has 0 atom stereocenters. The molecule has 5 nitrogen and oxygen atoms in total. The molecule has 1 aromatic carbocycles. The average Bonchev–Trinajstić information content (AvgIpc) is 2.58. The number of nitrogens with zero attached hydrogens (tertiary/aromatic N) is 4. The molecule has 1 saturated heterocycles. The van der Waals surface area contributed by atoms with Crippen LogP contribution in [-0.4, -0.2) is 47.6 Å². The number of piperazine rings is 1. The van der Waals surface area contributed by atoms with Gasteiger partial charge in [0.15, 0.2) is 0 Å². The zero-order valence-electron chi connectivity index (χ0n) is 12.9. The molecule has 0 bridgehead atoms. The van der Waals surface area contributed by atoms with Crippen LogP contribution in [0.2, 0.25) is 0 Å². The number of hydrogen-bond acceptors (Lipinski definition) is 5. The van der Waals surface area contributed by atoms with Crippen molar-refractivity contribution in [3.8, 4) is 0 Å². The van der Waals surface area contributed by atoms with Crippen LogP contribution in [-0.2, 0) is 6.42 Å². The highest BCUT2D eigenvalue weighted by atomic mass is 15.3. The molecule has 22 heavy (non-hydrogen) atoms. The zero-order chi connectivity index (χ0) is 15.2. The van der Waals surface area contributed by atoms with Crippen molar-refractivity contribution in [1.82, 2.24) is 14.9 Å². The lowest BCUT2D eigenvalue weighted by atomic mass is 10.1. The van der Waals surface area contributed by atoms with Gasteiger partial charge in [0.05, 0.1) is 0 Å². The second-order valence-electron chi connectivity index (χ2n) is 5.72. The van der Waals surface area contributed by atoms with Gasteiger partial charge in [-0.1, -0.05) is 12.1 Å². The average molecular weight is 297 g/mol. The summed E-state index contributed by atoms with van der Waals surface area (Å²) < 4.78 is 0. The molecule has 0 amide bonds. The van der Waals surface area contributed by atoms with E-state index in [0.29, 0.717) is 0 Å². The maximum atomic E-state index is 5.71. The van der Waals surface area contributed by atoms with Crippen molar-refractivity contribution in [2.45, 2.75) is 12.8 Å². The minimum absolute atomic E-state index is 0.836. The summed E-state index contributed by atoms with van der Waals surface area (Å²) in [6.07, 6.45) is 5.91. The lowest BCUT2D eigenvalue weighted by Gasteiger charge is -2.34. The summed E-state index contributed by atoms with van der Waals surface area (Å²) in [4.78, 5) is 13.4. The predicted octanol–water partition coefficient (Wildman–Crippen LogP) is 1.81. The van der Waals surface area contributed by atoms with Crippen LogP contribution in [0, 0.1) is 0 Å².